The lowest BCUT2D eigenvalue weighted by molar-refractivity contribution is -0.122. The molecule has 1 aliphatic rings. The second kappa shape index (κ2) is 7.60. The molecule has 2 amide bonds. The van der Waals surface area contributed by atoms with Crippen LogP contribution in [0.15, 0.2) is 48.5 Å². The normalized spacial score (nSPS) is 16.8. The molecular formula is C21H24N2O3. The predicted molar refractivity (Wildman–Crippen MR) is 103 cm³/mol. The van der Waals surface area contributed by atoms with Crippen LogP contribution in [-0.4, -0.2) is 25.5 Å². The van der Waals surface area contributed by atoms with Crippen LogP contribution >= 0.6 is 0 Å². The van der Waals surface area contributed by atoms with E-state index in [0.29, 0.717) is 18.2 Å². The molecule has 5 nitrogen and oxygen atoms in total. The molecule has 0 unspecified atom stereocenters. The van der Waals surface area contributed by atoms with Gasteiger partial charge in [-0.25, -0.2) is 0 Å². The minimum atomic E-state index is -0.352. The zero-order valence-electron chi connectivity index (χ0n) is 15.4. The summed E-state index contributed by atoms with van der Waals surface area (Å²) in [6.07, 6.45) is 0.230. The van der Waals surface area contributed by atoms with E-state index in [0.717, 1.165) is 11.4 Å². The number of nitrogens with one attached hydrogen (secondary N) is 1. The van der Waals surface area contributed by atoms with Gasteiger partial charge in [-0.05, 0) is 47.9 Å². The van der Waals surface area contributed by atoms with Gasteiger partial charge in [0.1, 0.15) is 5.75 Å². The summed E-state index contributed by atoms with van der Waals surface area (Å²) in [4.78, 5) is 26.6. The Balaban J connectivity index is 1.65. The van der Waals surface area contributed by atoms with Crippen molar-refractivity contribution < 1.29 is 14.3 Å². The maximum Gasteiger partial charge on any atom is 0.229 e. The molecule has 1 fully saturated rings. The largest absolute Gasteiger partial charge is 0.497 e. The monoisotopic (exact) mass is 352 g/mol. The maximum absolute atomic E-state index is 12.5. The summed E-state index contributed by atoms with van der Waals surface area (Å²) in [5, 5.41) is 2.88. The fourth-order valence-electron chi connectivity index (χ4n) is 3.09. The van der Waals surface area contributed by atoms with E-state index in [1.54, 1.807) is 36.3 Å². The molecule has 0 aliphatic carbocycles. The number of nitrogens with zero attached hydrogens (tertiary/aromatic N) is 1. The molecule has 5 heteroatoms. The first-order valence-electron chi connectivity index (χ1n) is 8.83. The minimum Gasteiger partial charge on any atom is -0.497 e. The Morgan fingerprint density at radius 1 is 1.12 bits per heavy atom. The SMILES string of the molecule is COc1ccc(NC(=O)[C@H]2CC(=O)N(c3ccc(C(C)C)cc3)C2)cc1. The Hall–Kier alpha value is -2.82. The van der Waals surface area contributed by atoms with Crippen LogP contribution in [0.25, 0.3) is 0 Å². The second-order valence-electron chi connectivity index (χ2n) is 6.87. The molecular weight excluding hydrogens is 328 g/mol. The first kappa shape index (κ1) is 18.0. The number of hydrogen-bond donors (Lipinski definition) is 1. The molecule has 0 spiro atoms. The lowest BCUT2D eigenvalue weighted by Gasteiger charge is -2.18. The average Bonchev–Trinajstić information content (AvgIpc) is 3.04. The quantitative estimate of drug-likeness (QED) is 0.890. The highest BCUT2D eigenvalue weighted by atomic mass is 16.5. The van der Waals surface area contributed by atoms with Crippen molar-refractivity contribution in [2.24, 2.45) is 5.92 Å². The van der Waals surface area contributed by atoms with Crippen LogP contribution in [-0.2, 0) is 9.59 Å². The summed E-state index contributed by atoms with van der Waals surface area (Å²) < 4.78 is 5.11. The molecule has 3 rings (SSSR count). The smallest absolute Gasteiger partial charge is 0.229 e. The van der Waals surface area contributed by atoms with Crippen LogP contribution in [0, 0.1) is 5.92 Å². The van der Waals surface area contributed by atoms with Gasteiger partial charge in [0, 0.05) is 24.3 Å². The number of anilines is 2. The molecule has 136 valence electrons. The minimum absolute atomic E-state index is 0.0165. The fraction of sp³-hybridized carbons (Fsp3) is 0.333. The zero-order valence-corrected chi connectivity index (χ0v) is 15.4. The van der Waals surface area contributed by atoms with Gasteiger partial charge in [-0.1, -0.05) is 26.0 Å². The molecule has 0 aromatic heterocycles. The first-order valence-corrected chi connectivity index (χ1v) is 8.83. The van der Waals surface area contributed by atoms with E-state index in [2.05, 4.69) is 19.2 Å². The van der Waals surface area contributed by atoms with E-state index < -0.39 is 0 Å². The van der Waals surface area contributed by atoms with Gasteiger partial charge in [0.2, 0.25) is 11.8 Å². The van der Waals surface area contributed by atoms with Crippen molar-refractivity contribution >= 4 is 23.2 Å². The molecule has 0 radical (unpaired) electrons. The van der Waals surface area contributed by atoms with Gasteiger partial charge < -0.3 is 15.0 Å². The van der Waals surface area contributed by atoms with E-state index in [1.807, 2.05) is 24.3 Å². The highest BCUT2D eigenvalue weighted by molar-refractivity contribution is 6.03. The highest BCUT2D eigenvalue weighted by Crippen LogP contribution is 2.27. The Morgan fingerprint density at radius 3 is 2.35 bits per heavy atom. The van der Waals surface area contributed by atoms with Crippen LogP contribution < -0.4 is 15.0 Å². The molecule has 1 saturated heterocycles. The van der Waals surface area contributed by atoms with Gasteiger partial charge in [0.15, 0.2) is 0 Å². The van der Waals surface area contributed by atoms with E-state index >= 15 is 0 Å². The molecule has 26 heavy (non-hydrogen) atoms. The second-order valence-corrected chi connectivity index (χ2v) is 6.87. The number of rotatable bonds is 5. The summed E-state index contributed by atoms with van der Waals surface area (Å²) in [5.74, 6) is 0.674. The topological polar surface area (TPSA) is 58.6 Å². The summed E-state index contributed by atoms with van der Waals surface area (Å²) in [5.41, 5.74) is 2.77. The van der Waals surface area contributed by atoms with Crippen molar-refractivity contribution in [1.29, 1.82) is 0 Å². The average molecular weight is 352 g/mol. The third kappa shape index (κ3) is 3.87. The molecule has 2 aromatic rings. The van der Waals surface area contributed by atoms with Crippen molar-refractivity contribution in [3.05, 3.63) is 54.1 Å². The first-order chi connectivity index (χ1) is 12.5. The number of carbonyl (C=O) groups is 2. The van der Waals surface area contributed by atoms with Gasteiger partial charge in [0.05, 0.1) is 13.0 Å². The van der Waals surface area contributed by atoms with Crippen molar-refractivity contribution in [2.45, 2.75) is 26.2 Å². The lowest BCUT2D eigenvalue weighted by atomic mass is 10.0. The molecule has 1 atom stereocenters. The molecule has 2 aromatic carbocycles. The number of amides is 2. The van der Waals surface area contributed by atoms with Gasteiger partial charge in [0.25, 0.3) is 0 Å². The summed E-state index contributed by atoms with van der Waals surface area (Å²) in [6.45, 7) is 4.67. The van der Waals surface area contributed by atoms with Gasteiger partial charge in [-0.2, -0.15) is 0 Å². The van der Waals surface area contributed by atoms with Crippen LogP contribution in [0.1, 0.15) is 31.7 Å². The van der Waals surface area contributed by atoms with E-state index in [9.17, 15) is 9.59 Å². The lowest BCUT2D eigenvalue weighted by Crippen LogP contribution is -2.28. The molecule has 1 N–H and O–H groups in total. The Morgan fingerprint density at radius 2 is 1.77 bits per heavy atom. The molecule has 0 bridgehead atoms. The van der Waals surface area contributed by atoms with Gasteiger partial charge in [-0.3, -0.25) is 9.59 Å². The Labute approximate surface area is 154 Å². The summed E-state index contributed by atoms with van der Waals surface area (Å²) in [6, 6.07) is 15.1. The van der Waals surface area contributed by atoms with Crippen molar-refractivity contribution in [2.75, 3.05) is 23.9 Å². The van der Waals surface area contributed by atoms with E-state index in [4.69, 9.17) is 4.74 Å². The molecule has 0 saturated carbocycles. The van der Waals surface area contributed by atoms with Gasteiger partial charge >= 0.3 is 0 Å². The van der Waals surface area contributed by atoms with Crippen LogP contribution in [0.3, 0.4) is 0 Å². The fourth-order valence-corrected chi connectivity index (χ4v) is 3.09. The summed E-state index contributed by atoms with van der Waals surface area (Å²) in [7, 11) is 1.60. The van der Waals surface area contributed by atoms with Crippen molar-refractivity contribution in [1.82, 2.24) is 0 Å². The number of hydrogen-bond acceptors (Lipinski definition) is 3. The van der Waals surface area contributed by atoms with Crippen LogP contribution in [0.4, 0.5) is 11.4 Å². The maximum atomic E-state index is 12.5. The third-order valence-corrected chi connectivity index (χ3v) is 4.72. The number of methoxy groups -OCH3 is 1. The van der Waals surface area contributed by atoms with E-state index in [1.165, 1.54) is 5.56 Å². The zero-order chi connectivity index (χ0) is 18.7. The number of ether oxygens (including phenoxy) is 1. The Bertz CT molecular complexity index is 782. The number of carbonyl (C=O) groups excluding carboxylic acids is 2. The van der Waals surface area contributed by atoms with Crippen LogP contribution in [0.2, 0.25) is 0 Å². The highest BCUT2D eigenvalue weighted by Gasteiger charge is 2.35. The van der Waals surface area contributed by atoms with Crippen molar-refractivity contribution in [3.8, 4) is 5.75 Å². The van der Waals surface area contributed by atoms with Crippen LogP contribution in [0.5, 0.6) is 5.75 Å². The molecule has 1 heterocycles. The predicted octanol–water partition coefficient (Wildman–Crippen LogP) is 3.81. The Kier molecular flexibility index (Phi) is 5.26. The molecule has 1 aliphatic heterocycles. The standard InChI is InChI=1S/C21H24N2O3/c1-14(2)15-4-8-18(9-5-15)23-13-16(12-20(23)24)21(25)22-17-6-10-19(26-3)11-7-17/h4-11,14,16H,12-13H2,1-3H3,(H,22,25)/t16-/m0/s1. The number of benzene rings is 2. The summed E-state index contributed by atoms with van der Waals surface area (Å²) >= 11 is 0. The van der Waals surface area contributed by atoms with Gasteiger partial charge in [-0.15, -0.1) is 0 Å². The van der Waals surface area contributed by atoms with Crippen molar-refractivity contribution in [3.63, 3.8) is 0 Å². The third-order valence-electron chi connectivity index (χ3n) is 4.72. The van der Waals surface area contributed by atoms with E-state index in [-0.39, 0.29) is 24.2 Å².